The Balaban J connectivity index is 0.000000861. The number of nitrogens with one attached hydrogen (secondary N) is 1. The van der Waals surface area contributed by atoms with Crippen LogP contribution in [0.1, 0.15) is 40.5 Å². The van der Waals surface area contributed by atoms with Gasteiger partial charge in [-0.2, -0.15) is 0 Å². The Morgan fingerprint density at radius 3 is 2.58 bits per heavy atom. The van der Waals surface area contributed by atoms with Gasteiger partial charge in [0.25, 0.3) is 0 Å². The number of hydrogen-bond donors (Lipinski definition) is 1. The van der Waals surface area contributed by atoms with Crippen LogP contribution in [0.4, 0.5) is 0 Å². The van der Waals surface area contributed by atoms with E-state index in [-0.39, 0.29) is 11.8 Å². The van der Waals surface area contributed by atoms with E-state index in [1.54, 1.807) is 7.11 Å². The minimum atomic E-state index is 0.159. The molecule has 0 radical (unpaired) electrons. The van der Waals surface area contributed by atoms with Crippen molar-refractivity contribution in [3.05, 3.63) is 35.4 Å². The second kappa shape index (κ2) is 7.14. The van der Waals surface area contributed by atoms with Crippen LogP contribution >= 0.6 is 0 Å². The third-order valence-corrected chi connectivity index (χ3v) is 3.05. The second-order valence-electron chi connectivity index (χ2n) is 4.10. The van der Waals surface area contributed by atoms with E-state index in [1.165, 1.54) is 0 Å². The summed E-state index contributed by atoms with van der Waals surface area (Å²) in [5.41, 5.74) is 4.99. The monoisotopic (exact) mass is 264 g/mol. The molecule has 2 heterocycles. The molecule has 1 N–H and O–H groups in total. The average molecular weight is 264 g/mol. The largest absolute Gasteiger partial charge is 0.481 e. The van der Waals surface area contributed by atoms with Crippen LogP contribution in [0.2, 0.25) is 0 Å². The quantitative estimate of drug-likeness (QED) is 0.847. The van der Waals surface area contributed by atoms with Gasteiger partial charge < -0.3 is 4.74 Å². The molecule has 0 saturated carbocycles. The van der Waals surface area contributed by atoms with E-state index >= 15 is 0 Å². The van der Waals surface area contributed by atoms with Crippen LogP contribution in [0.3, 0.4) is 0 Å². The number of carbonyl (C=O) groups excluding carboxylic acids is 1. The van der Waals surface area contributed by atoms with Crippen LogP contribution < -0.4 is 5.43 Å². The van der Waals surface area contributed by atoms with Crippen LogP contribution in [0.25, 0.3) is 0 Å². The van der Waals surface area contributed by atoms with Gasteiger partial charge in [0, 0.05) is 24.1 Å². The lowest BCUT2D eigenvalue weighted by molar-refractivity contribution is -0.115. The standard InChI is InChI=1S/C13H18N2O2.C2H6/c1-4-9-8-11-10(12(16)5-2)6-7-13(17-3)15(11)14-9;1-2/h6-9,14H,4-5H2,1-3H3;1-2H3. The van der Waals surface area contributed by atoms with Crippen molar-refractivity contribution in [2.45, 2.75) is 46.6 Å². The highest BCUT2D eigenvalue weighted by atomic mass is 16.5. The van der Waals surface area contributed by atoms with E-state index in [1.807, 2.05) is 37.9 Å². The first-order valence-electron chi connectivity index (χ1n) is 6.98. The number of hydrazine groups is 1. The Morgan fingerprint density at radius 2 is 2.05 bits per heavy atom. The van der Waals surface area contributed by atoms with Crippen molar-refractivity contribution in [1.82, 2.24) is 10.4 Å². The van der Waals surface area contributed by atoms with Crippen molar-refractivity contribution >= 4 is 5.78 Å². The number of ketones is 1. The molecule has 4 nitrogen and oxygen atoms in total. The molecule has 0 aromatic carbocycles. The number of Topliss-reactive ketones (excluding diaryl/α,β-unsaturated/α-hetero) is 1. The third kappa shape index (κ3) is 3.07. The van der Waals surface area contributed by atoms with E-state index in [0.717, 1.165) is 23.6 Å². The number of hydrogen-bond acceptors (Lipinski definition) is 4. The molecule has 1 atom stereocenters. The Kier molecular flexibility index (Phi) is 5.83. The number of allylic oxidation sites excluding steroid dienone is 3. The zero-order valence-corrected chi connectivity index (χ0v) is 12.5. The van der Waals surface area contributed by atoms with Crippen molar-refractivity contribution in [3.63, 3.8) is 0 Å². The van der Waals surface area contributed by atoms with Crippen molar-refractivity contribution in [3.8, 4) is 0 Å². The molecular formula is C15H24N2O2. The lowest BCUT2D eigenvalue weighted by Crippen LogP contribution is -2.38. The predicted octanol–water partition coefficient (Wildman–Crippen LogP) is 2.90. The van der Waals surface area contributed by atoms with Gasteiger partial charge in [-0.25, -0.2) is 10.4 Å². The van der Waals surface area contributed by atoms with Crippen LogP contribution in [0.15, 0.2) is 35.4 Å². The van der Waals surface area contributed by atoms with E-state index in [4.69, 9.17) is 4.74 Å². The zero-order valence-electron chi connectivity index (χ0n) is 12.5. The van der Waals surface area contributed by atoms with Crippen LogP contribution in [0, 0.1) is 0 Å². The van der Waals surface area contributed by atoms with Gasteiger partial charge in [-0.15, -0.1) is 0 Å². The van der Waals surface area contributed by atoms with Crippen LogP contribution in [-0.4, -0.2) is 23.9 Å². The van der Waals surface area contributed by atoms with Crippen LogP contribution in [-0.2, 0) is 9.53 Å². The van der Waals surface area contributed by atoms with Crippen molar-refractivity contribution in [1.29, 1.82) is 0 Å². The number of carbonyl (C=O) groups is 1. The molecule has 0 aromatic heterocycles. The summed E-state index contributed by atoms with van der Waals surface area (Å²) in [5, 5.41) is 1.86. The highest BCUT2D eigenvalue weighted by molar-refractivity contribution is 6.00. The van der Waals surface area contributed by atoms with Crippen molar-refractivity contribution < 1.29 is 9.53 Å². The molecule has 2 aliphatic heterocycles. The fourth-order valence-electron chi connectivity index (χ4n) is 2.04. The van der Waals surface area contributed by atoms with Gasteiger partial charge in [-0.1, -0.05) is 27.7 Å². The maximum atomic E-state index is 11.9. The van der Waals surface area contributed by atoms with Gasteiger partial charge in [-0.05, 0) is 18.6 Å². The second-order valence-corrected chi connectivity index (χ2v) is 4.10. The van der Waals surface area contributed by atoms with Gasteiger partial charge in [-0.3, -0.25) is 4.79 Å². The SMILES string of the molecule is CC.CCC(=O)C1=CC=C(OC)N2NC(CC)C=C12. The Bertz CT molecular complexity index is 422. The maximum Gasteiger partial charge on any atom is 0.208 e. The summed E-state index contributed by atoms with van der Waals surface area (Å²) in [7, 11) is 1.63. The molecule has 0 amide bonds. The molecule has 0 aliphatic carbocycles. The normalized spacial score (nSPS) is 20.6. The minimum Gasteiger partial charge on any atom is -0.481 e. The predicted molar refractivity (Wildman–Crippen MR) is 77.0 cm³/mol. The first-order valence-corrected chi connectivity index (χ1v) is 6.98. The number of rotatable bonds is 4. The summed E-state index contributed by atoms with van der Waals surface area (Å²) >= 11 is 0. The smallest absolute Gasteiger partial charge is 0.208 e. The van der Waals surface area contributed by atoms with Crippen molar-refractivity contribution in [2.75, 3.05) is 7.11 Å². The van der Waals surface area contributed by atoms with Gasteiger partial charge in [0.2, 0.25) is 5.88 Å². The molecule has 0 aromatic rings. The summed E-state index contributed by atoms with van der Waals surface area (Å²) in [6.45, 7) is 7.98. The molecule has 0 bridgehead atoms. The van der Waals surface area contributed by atoms with E-state index < -0.39 is 0 Å². The molecular weight excluding hydrogens is 240 g/mol. The summed E-state index contributed by atoms with van der Waals surface area (Å²) < 4.78 is 5.29. The fourth-order valence-corrected chi connectivity index (χ4v) is 2.04. The Hall–Kier alpha value is -1.55. The molecule has 0 spiro atoms. The summed E-state index contributed by atoms with van der Waals surface area (Å²) in [6.07, 6.45) is 7.25. The number of methoxy groups -OCH3 is 1. The number of ether oxygens (including phenoxy) is 1. The molecule has 106 valence electrons. The van der Waals surface area contributed by atoms with E-state index in [9.17, 15) is 4.79 Å². The molecule has 1 unspecified atom stereocenters. The topological polar surface area (TPSA) is 41.6 Å². The summed E-state index contributed by atoms with van der Waals surface area (Å²) in [6, 6.07) is 0.259. The maximum absolute atomic E-state index is 11.9. The van der Waals surface area contributed by atoms with Gasteiger partial charge in [0.05, 0.1) is 12.8 Å². The summed E-state index contributed by atoms with van der Waals surface area (Å²) in [5.74, 6) is 0.881. The molecule has 2 rings (SSSR count). The summed E-state index contributed by atoms with van der Waals surface area (Å²) in [4.78, 5) is 11.9. The Morgan fingerprint density at radius 1 is 1.37 bits per heavy atom. The van der Waals surface area contributed by atoms with E-state index in [0.29, 0.717) is 6.42 Å². The third-order valence-electron chi connectivity index (χ3n) is 3.05. The lowest BCUT2D eigenvalue weighted by atomic mass is 10.0. The molecule has 0 fully saturated rings. The van der Waals surface area contributed by atoms with Crippen LogP contribution in [0.5, 0.6) is 0 Å². The van der Waals surface area contributed by atoms with E-state index in [2.05, 4.69) is 18.4 Å². The van der Waals surface area contributed by atoms with Crippen molar-refractivity contribution in [2.24, 2.45) is 0 Å². The molecule has 4 heteroatoms. The number of nitrogens with zero attached hydrogens (tertiary/aromatic N) is 1. The van der Waals surface area contributed by atoms with Gasteiger partial charge >= 0.3 is 0 Å². The zero-order chi connectivity index (χ0) is 14.4. The lowest BCUT2D eigenvalue weighted by Gasteiger charge is -2.28. The number of fused-ring (bicyclic) bond motifs is 1. The highest BCUT2D eigenvalue weighted by Gasteiger charge is 2.31. The Labute approximate surface area is 115 Å². The molecule has 19 heavy (non-hydrogen) atoms. The fraction of sp³-hybridized carbons (Fsp3) is 0.533. The highest BCUT2D eigenvalue weighted by Crippen LogP contribution is 2.30. The molecule has 2 aliphatic rings. The minimum absolute atomic E-state index is 0.159. The first kappa shape index (κ1) is 15.5. The van der Waals surface area contributed by atoms with Gasteiger partial charge in [0.15, 0.2) is 5.78 Å². The first-order chi connectivity index (χ1) is 9.21. The molecule has 0 saturated heterocycles. The average Bonchev–Trinajstić information content (AvgIpc) is 2.91. The van der Waals surface area contributed by atoms with Gasteiger partial charge in [0.1, 0.15) is 0 Å².